The molecule has 1 aliphatic carbocycles. The minimum atomic E-state index is -0.628. The minimum Gasteiger partial charge on any atom is -0.493 e. The first-order chi connectivity index (χ1) is 17.3. The number of ketones is 1. The number of halogens is 1. The Morgan fingerprint density at radius 3 is 2.36 bits per heavy atom. The number of allylic oxidation sites excluding steroid dienone is 3. The van der Waals surface area contributed by atoms with Crippen molar-refractivity contribution in [1.82, 2.24) is 5.32 Å². The SMILES string of the molecule is CC[C@@H](C)OC(=O)C1=C(C)NC2=C(C(=O)C[C@H](c3ccc(OC)c(OC)c3)C2)[C@@H]1c1ccc(F)cc1. The van der Waals surface area contributed by atoms with E-state index in [1.54, 1.807) is 26.4 Å². The molecule has 0 radical (unpaired) electrons. The first kappa shape index (κ1) is 25.5. The number of esters is 1. The van der Waals surface area contributed by atoms with Crippen molar-refractivity contribution in [2.75, 3.05) is 14.2 Å². The molecule has 7 heteroatoms. The summed E-state index contributed by atoms with van der Waals surface area (Å²) in [5.41, 5.74) is 3.99. The second-order valence-corrected chi connectivity index (χ2v) is 9.31. The van der Waals surface area contributed by atoms with Gasteiger partial charge in [0.15, 0.2) is 17.3 Å². The van der Waals surface area contributed by atoms with Gasteiger partial charge >= 0.3 is 5.97 Å². The topological polar surface area (TPSA) is 73.9 Å². The zero-order valence-corrected chi connectivity index (χ0v) is 21.3. The van der Waals surface area contributed by atoms with Crippen LogP contribution in [0.1, 0.15) is 63.0 Å². The number of methoxy groups -OCH3 is 2. The molecule has 0 aromatic heterocycles. The van der Waals surface area contributed by atoms with Crippen LogP contribution in [0.2, 0.25) is 0 Å². The van der Waals surface area contributed by atoms with Gasteiger partial charge in [-0.25, -0.2) is 9.18 Å². The number of hydrogen-bond acceptors (Lipinski definition) is 6. The first-order valence-corrected chi connectivity index (χ1v) is 12.2. The van der Waals surface area contributed by atoms with Gasteiger partial charge in [-0.05, 0) is 68.0 Å². The minimum absolute atomic E-state index is 0.0563. The molecule has 0 saturated carbocycles. The number of Topliss-reactive ketones (excluding diaryl/α,β-unsaturated/α-hetero) is 1. The number of dihydropyridines is 1. The van der Waals surface area contributed by atoms with E-state index in [1.807, 2.05) is 39.0 Å². The van der Waals surface area contributed by atoms with E-state index in [0.717, 1.165) is 11.3 Å². The highest BCUT2D eigenvalue weighted by Crippen LogP contribution is 2.46. The van der Waals surface area contributed by atoms with Gasteiger partial charge in [0.05, 0.1) is 25.9 Å². The van der Waals surface area contributed by atoms with Gasteiger partial charge < -0.3 is 19.5 Å². The van der Waals surface area contributed by atoms with Crippen LogP contribution < -0.4 is 14.8 Å². The molecule has 0 fully saturated rings. The Labute approximate surface area is 211 Å². The third kappa shape index (κ3) is 4.87. The average Bonchev–Trinajstić information content (AvgIpc) is 2.87. The van der Waals surface area contributed by atoms with Gasteiger partial charge in [0.25, 0.3) is 0 Å². The molecular formula is C29H32FNO5. The van der Waals surface area contributed by atoms with E-state index >= 15 is 0 Å². The summed E-state index contributed by atoms with van der Waals surface area (Å²) in [5, 5.41) is 3.34. The van der Waals surface area contributed by atoms with Gasteiger partial charge in [-0.15, -0.1) is 0 Å². The monoisotopic (exact) mass is 493 g/mol. The van der Waals surface area contributed by atoms with Crippen LogP contribution in [-0.2, 0) is 14.3 Å². The van der Waals surface area contributed by atoms with Crippen LogP contribution in [0.4, 0.5) is 4.39 Å². The Hall–Kier alpha value is -3.61. The number of benzene rings is 2. The highest BCUT2D eigenvalue weighted by Gasteiger charge is 2.41. The summed E-state index contributed by atoms with van der Waals surface area (Å²) in [6.45, 7) is 5.59. The van der Waals surface area contributed by atoms with Crippen molar-refractivity contribution >= 4 is 11.8 Å². The van der Waals surface area contributed by atoms with Gasteiger partial charge in [-0.2, -0.15) is 0 Å². The smallest absolute Gasteiger partial charge is 0.337 e. The van der Waals surface area contributed by atoms with E-state index in [2.05, 4.69) is 5.32 Å². The molecule has 0 amide bonds. The molecule has 4 rings (SSSR count). The molecule has 2 aromatic rings. The summed E-state index contributed by atoms with van der Waals surface area (Å²) in [5.74, 6) is -0.372. The van der Waals surface area contributed by atoms with Crippen molar-refractivity contribution < 1.29 is 28.2 Å². The Morgan fingerprint density at radius 1 is 1.06 bits per heavy atom. The van der Waals surface area contributed by atoms with Crippen LogP contribution in [-0.4, -0.2) is 32.1 Å². The Morgan fingerprint density at radius 2 is 1.72 bits per heavy atom. The maximum absolute atomic E-state index is 13.8. The van der Waals surface area contributed by atoms with Crippen LogP contribution in [0, 0.1) is 5.82 Å². The summed E-state index contributed by atoms with van der Waals surface area (Å²) >= 11 is 0. The van der Waals surface area contributed by atoms with Gasteiger partial charge in [-0.1, -0.05) is 25.1 Å². The molecular weight excluding hydrogens is 461 g/mol. The summed E-state index contributed by atoms with van der Waals surface area (Å²) in [6, 6.07) is 11.7. The first-order valence-electron chi connectivity index (χ1n) is 12.2. The van der Waals surface area contributed by atoms with Crippen molar-refractivity contribution in [3.63, 3.8) is 0 Å². The summed E-state index contributed by atoms with van der Waals surface area (Å²) < 4.78 is 30.2. The van der Waals surface area contributed by atoms with Crippen molar-refractivity contribution in [2.24, 2.45) is 0 Å². The lowest BCUT2D eigenvalue weighted by molar-refractivity contribution is -0.144. The third-order valence-electron chi connectivity index (χ3n) is 7.01. The standard InChI is InChI=1S/C29H32FNO5/c1-6-16(2)36-29(33)26-17(3)31-22-13-20(19-9-12-24(34-4)25(15-19)35-5)14-23(32)28(22)27(26)18-7-10-21(30)11-8-18/h7-12,15-16,20,27,31H,6,13-14H2,1-5H3/t16-,20-,27-/m1/s1. The fourth-order valence-corrected chi connectivity index (χ4v) is 4.97. The fourth-order valence-electron chi connectivity index (χ4n) is 4.97. The molecule has 3 atom stereocenters. The number of nitrogens with one attached hydrogen (secondary N) is 1. The molecule has 190 valence electrons. The van der Waals surface area contributed by atoms with E-state index in [1.165, 1.54) is 12.1 Å². The Balaban J connectivity index is 1.76. The van der Waals surface area contributed by atoms with Crippen LogP contribution in [0.25, 0.3) is 0 Å². The molecule has 0 unspecified atom stereocenters. The number of carbonyl (C=O) groups is 2. The van der Waals surface area contributed by atoms with E-state index < -0.39 is 11.9 Å². The molecule has 6 nitrogen and oxygen atoms in total. The number of ether oxygens (including phenoxy) is 3. The van der Waals surface area contributed by atoms with Gasteiger partial charge in [0, 0.05) is 29.3 Å². The third-order valence-corrected chi connectivity index (χ3v) is 7.01. The van der Waals surface area contributed by atoms with E-state index in [-0.39, 0.29) is 30.0 Å². The van der Waals surface area contributed by atoms with Crippen LogP contribution >= 0.6 is 0 Å². The molecule has 0 spiro atoms. The molecule has 1 aliphatic heterocycles. The number of carbonyl (C=O) groups excluding carboxylic acids is 2. The number of rotatable bonds is 7. The molecule has 2 aliphatic rings. The predicted molar refractivity (Wildman–Crippen MR) is 134 cm³/mol. The molecule has 2 aromatic carbocycles. The second kappa shape index (κ2) is 10.6. The average molecular weight is 494 g/mol. The fraction of sp³-hybridized carbons (Fsp3) is 0.379. The van der Waals surface area contributed by atoms with Gasteiger partial charge in [0.1, 0.15) is 5.82 Å². The zero-order chi connectivity index (χ0) is 26.0. The number of hydrogen-bond donors (Lipinski definition) is 1. The van der Waals surface area contributed by atoms with Crippen LogP contribution in [0.15, 0.2) is 65.0 Å². The zero-order valence-electron chi connectivity index (χ0n) is 21.3. The summed E-state index contributed by atoms with van der Waals surface area (Å²) in [7, 11) is 3.16. The Kier molecular flexibility index (Phi) is 7.48. The van der Waals surface area contributed by atoms with Gasteiger partial charge in [0.2, 0.25) is 0 Å². The normalized spacial score (nSPS) is 20.4. The van der Waals surface area contributed by atoms with Crippen molar-refractivity contribution in [3.05, 3.63) is 81.9 Å². The summed E-state index contributed by atoms with van der Waals surface area (Å²) in [6.07, 6.45) is 1.27. The van der Waals surface area contributed by atoms with Crippen LogP contribution in [0.5, 0.6) is 11.5 Å². The van der Waals surface area contributed by atoms with Gasteiger partial charge in [-0.3, -0.25) is 4.79 Å². The predicted octanol–water partition coefficient (Wildman–Crippen LogP) is 5.55. The summed E-state index contributed by atoms with van der Waals surface area (Å²) in [4.78, 5) is 27.0. The highest BCUT2D eigenvalue weighted by molar-refractivity contribution is 6.04. The Bertz CT molecular complexity index is 1230. The van der Waals surface area contributed by atoms with E-state index in [9.17, 15) is 14.0 Å². The van der Waals surface area contributed by atoms with Crippen molar-refractivity contribution in [1.29, 1.82) is 0 Å². The molecule has 36 heavy (non-hydrogen) atoms. The maximum atomic E-state index is 13.8. The molecule has 1 N–H and O–H groups in total. The molecule has 0 saturated heterocycles. The van der Waals surface area contributed by atoms with E-state index in [0.29, 0.717) is 46.7 Å². The lowest BCUT2D eigenvalue weighted by Crippen LogP contribution is -2.36. The molecule has 1 heterocycles. The van der Waals surface area contributed by atoms with E-state index in [4.69, 9.17) is 14.2 Å². The molecule has 0 bridgehead atoms. The highest BCUT2D eigenvalue weighted by atomic mass is 19.1. The van der Waals surface area contributed by atoms with Crippen LogP contribution in [0.3, 0.4) is 0 Å². The maximum Gasteiger partial charge on any atom is 0.337 e. The largest absolute Gasteiger partial charge is 0.493 e. The quantitative estimate of drug-likeness (QED) is 0.510. The second-order valence-electron chi connectivity index (χ2n) is 9.31. The van der Waals surface area contributed by atoms with Crippen molar-refractivity contribution in [3.8, 4) is 11.5 Å². The van der Waals surface area contributed by atoms with Crippen molar-refractivity contribution in [2.45, 2.75) is 58.0 Å². The lowest BCUT2D eigenvalue weighted by atomic mass is 9.71. The lowest BCUT2D eigenvalue weighted by Gasteiger charge is -2.37.